The van der Waals surface area contributed by atoms with E-state index < -0.39 is 0 Å². The van der Waals surface area contributed by atoms with Crippen molar-refractivity contribution in [3.8, 4) is 0 Å². The molecule has 0 bridgehead atoms. The summed E-state index contributed by atoms with van der Waals surface area (Å²) in [7, 11) is 0. The van der Waals surface area contributed by atoms with Crippen LogP contribution in [0.25, 0.3) is 0 Å². The van der Waals surface area contributed by atoms with Crippen LogP contribution in [0.15, 0.2) is 48.5 Å². The second kappa shape index (κ2) is 6.50. The van der Waals surface area contributed by atoms with E-state index in [2.05, 4.69) is 10.6 Å². The van der Waals surface area contributed by atoms with Crippen LogP contribution in [0.4, 0.5) is 5.69 Å². The zero-order valence-corrected chi connectivity index (χ0v) is 12.4. The summed E-state index contributed by atoms with van der Waals surface area (Å²) in [5.41, 5.74) is 2.27. The molecule has 0 aliphatic rings. The van der Waals surface area contributed by atoms with Crippen LogP contribution >= 0.6 is 23.8 Å². The Morgan fingerprint density at radius 2 is 1.85 bits per heavy atom. The van der Waals surface area contributed by atoms with E-state index in [1.807, 2.05) is 31.2 Å². The van der Waals surface area contributed by atoms with Crippen molar-refractivity contribution in [2.45, 2.75) is 6.92 Å². The van der Waals surface area contributed by atoms with Crippen LogP contribution in [-0.2, 0) is 0 Å². The van der Waals surface area contributed by atoms with Gasteiger partial charge in [-0.25, -0.2) is 0 Å². The van der Waals surface area contributed by atoms with Gasteiger partial charge in [0.2, 0.25) is 0 Å². The Hall–Kier alpha value is -1.91. The summed E-state index contributed by atoms with van der Waals surface area (Å²) < 4.78 is 0. The van der Waals surface area contributed by atoms with E-state index in [1.54, 1.807) is 24.3 Å². The summed E-state index contributed by atoms with van der Waals surface area (Å²) in [4.78, 5) is 11.9. The SMILES string of the molecule is Cc1ccc(NC(=S)NC(=O)c2ccccc2)c(Cl)c1. The molecule has 2 N–H and O–H groups in total. The van der Waals surface area contributed by atoms with Gasteiger partial charge in [0, 0.05) is 5.56 Å². The molecule has 0 radical (unpaired) electrons. The number of hydrogen-bond donors (Lipinski definition) is 2. The van der Waals surface area contributed by atoms with Gasteiger partial charge in [-0.1, -0.05) is 35.9 Å². The van der Waals surface area contributed by atoms with E-state index in [4.69, 9.17) is 23.8 Å². The van der Waals surface area contributed by atoms with Crippen LogP contribution in [0.5, 0.6) is 0 Å². The Morgan fingerprint density at radius 1 is 1.15 bits per heavy atom. The Kier molecular flexibility index (Phi) is 4.71. The van der Waals surface area contributed by atoms with Crippen LogP contribution in [0.2, 0.25) is 5.02 Å². The smallest absolute Gasteiger partial charge is 0.257 e. The highest BCUT2D eigenvalue weighted by atomic mass is 35.5. The molecule has 2 aromatic rings. The van der Waals surface area contributed by atoms with Crippen LogP contribution in [0.1, 0.15) is 15.9 Å². The lowest BCUT2D eigenvalue weighted by Gasteiger charge is -2.11. The average Bonchev–Trinajstić information content (AvgIpc) is 2.43. The van der Waals surface area contributed by atoms with E-state index in [0.29, 0.717) is 16.3 Å². The van der Waals surface area contributed by atoms with Crippen molar-refractivity contribution in [2.24, 2.45) is 0 Å². The van der Waals surface area contributed by atoms with Gasteiger partial charge in [-0.2, -0.15) is 0 Å². The number of nitrogens with one attached hydrogen (secondary N) is 2. The lowest BCUT2D eigenvalue weighted by Crippen LogP contribution is -2.34. The number of aryl methyl sites for hydroxylation is 1. The summed E-state index contributed by atoms with van der Waals surface area (Å²) in [6, 6.07) is 14.4. The molecule has 1 amide bonds. The first-order valence-corrected chi connectivity index (χ1v) is 6.78. The molecule has 5 heteroatoms. The van der Waals surface area contributed by atoms with Crippen LogP contribution in [-0.4, -0.2) is 11.0 Å². The Bertz CT molecular complexity index is 644. The summed E-state index contributed by atoms with van der Waals surface area (Å²) in [6.07, 6.45) is 0. The number of thiocarbonyl (C=S) groups is 1. The van der Waals surface area contributed by atoms with Crippen molar-refractivity contribution >= 4 is 40.5 Å². The predicted octanol–water partition coefficient (Wildman–Crippen LogP) is 3.78. The molecule has 2 aromatic carbocycles. The van der Waals surface area contributed by atoms with Gasteiger partial charge in [0.25, 0.3) is 5.91 Å². The maximum atomic E-state index is 11.9. The number of hydrogen-bond acceptors (Lipinski definition) is 2. The van der Waals surface area contributed by atoms with Crippen LogP contribution < -0.4 is 10.6 Å². The van der Waals surface area contributed by atoms with Gasteiger partial charge < -0.3 is 5.32 Å². The molecule has 0 heterocycles. The third kappa shape index (κ3) is 3.79. The van der Waals surface area contributed by atoms with Gasteiger partial charge in [0.05, 0.1) is 10.7 Å². The molecular formula is C15H13ClN2OS. The minimum absolute atomic E-state index is 0.213. The fourth-order valence-corrected chi connectivity index (χ4v) is 2.12. The van der Waals surface area contributed by atoms with Crippen molar-refractivity contribution in [1.82, 2.24) is 5.32 Å². The quantitative estimate of drug-likeness (QED) is 0.830. The molecule has 0 saturated heterocycles. The van der Waals surface area contributed by atoms with E-state index in [-0.39, 0.29) is 11.0 Å². The van der Waals surface area contributed by atoms with Gasteiger partial charge in [-0.3, -0.25) is 10.1 Å². The summed E-state index contributed by atoms with van der Waals surface area (Å²) >= 11 is 11.2. The van der Waals surface area contributed by atoms with E-state index in [9.17, 15) is 4.79 Å². The standard InChI is InChI=1S/C15H13ClN2OS/c1-10-7-8-13(12(16)9-10)17-15(20)18-14(19)11-5-3-2-4-6-11/h2-9H,1H3,(H2,17,18,19,20). The highest BCUT2D eigenvalue weighted by molar-refractivity contribution is 7.80. The molecule has 0 aromatic heterocycles. The molecule has 0 spiro atoms. The second-order valence-corrected chi connectivity index (χ2v) is 5.07. The Labute approximate surface area is 128 Å². The largest absolute Gasteiger partial charge is 0.331 e. The molecule has 20 heavy (non-hydrogen) atoms. The maximum absolute atomic E-state index is 11.9. The molecule has 3 nitrogen and oxygen atoms in total. The summed E-state index contributed by atoms with van der Waals surface area (Å²) in [5, 5.41) is 6.28. The van der Waals surface area contributed by atoms with Gasteiger partial charge in [-0.15, -0.1) is 0 Å². The number of carbonyl (C=O) groups is 1. The maximum Gasteiger partial charge on any atom is 0.257 e. The molecule has 2 rings (SSSR count). The number of anilines is 1. The van der Waals surface area contributed by atoms with Gasteiger partial charge in [0.15, 0.2) is 5.11 Å². The number of benzene rings is 2. The third-order valence-electron chi connectivity index (χ3n) is 2.64. The zero-order valence-electron chi connectivity index (χ0n) is 10.8. The average molecular weight is 305 g/mol. The Morgan fingerprint density at radius 3 is 2.50 bits per heavy atom. The number of rotatable bonds is 2. The van der Waals surface area contributed by atoms with Crippen LogP contribution in [0.3, 0.4) is 0 Å². The van der Waals surface area contributed by atoms with E-state index in [0.717, 1.165) is 5.56 Å². The Balaban J connectivity index is 2.01. The molecule has 102 valence electrons. The highest BCUT2D eigenvalue weighted by Gasteiger charge is 2.08. The molecule has 0 fully saturated rings. The highest BCUT2D eigenvalue weighted by Crippen LogP contribution is 2.22. The number of amides is 1. The molecule has 0 atom stereocenters. The van der Waals surface area contributed by atoms with Gasteiger partial charge >= 0.3 is 0 Å². The topological polar surface area (TPSA) is 41.1 Å². The van der Waals surface area contributed by atoms with Crippen molar-refractivity contribution in [3.63, 3.8) is 0 Å². The molecule has 0 saturated carbocycles. The lowest BCUT2D eigenvalue weighted by molar-refractivity contribution is 0.0978. The van der Waals surface area contributed by atoms with Crippen LogP contribution in [0, 0.1) is 6.92 Å². The molecule has 0 aliphatic heterocycles. The van der Waals surface area contributed by atoms with Crippen molar-refractivity contribution in [2.75, 3.05) is 5.32 Å². The fourth-order valence-electron chi connectivity index (χ4n) is 1.64. The van der Waals surface area contributed by atoms with Crippen molar-refractivity contribution in [1.29, 1.82) is 0 Å². The van der Waals surface area contributed by atoms with Gasteiger partial charge in [0.1, 0.15) is 0 Å². The second-order valence-electron chi connectivity index (χ2n) is 4.26. The van der Waals surface area contributed by atoms with E-state index >= 15 is 0 Å². The monoisotopic (exact) mass is 304 g/mol. The predicted molar refractivity (Wildman–Crippen MR) is 86.3 cm³/mol. The lowest BCUT2D eigenvalue weighted by atomic mass is 10.2. The minimum atomic E-state index is -0.258. The fraction of sp³-hybridized carbons (Fsp3) is 0.0667. The summed E-state index contributed by atoms with van der Waals surface area (Å²) in [5.74, 6) is -0.258. The number of halogens is 1. The molecule has 0 aliphatic carbocycles. The molecular weight excluding hydrogens is 292 g/mol. The van der Waals surface area contributed by atoms with E-state index in [1.165, 1.54) is 0 Å². The zero-order chi connectivity index (χ0) is 14.5. The summed E-state index contributed by atoms with van der Waals surface area (Å²) in [6.45, 7) is 1.95. The third-order valence-corrected chi connectivity index (χ3v) is 3.15. The number of carbonyl (C=O) groups excluding carboxylic acids is 1. The normalized spacial score (nSPS) is 9.90. The first-order valence-electron chi connectivity index (χ1n) is 6.00. The first-order chi connectivity index (χ1) is 9.56. The minimum Gasteiger partial charge on any atom is -0.331 e. The van der Waals surface area contributed by atoms with Crippen molar-refractivity contribution < 1.29 is 4.79 Å². The first kappa shape index (κ1) is 14.5. The van der Waals surface area contributed by atoms with Crippen molar-refractivity contribution in [3.05, 3.63) is 64.7 Å². The van der Waals surface area contributed by atoms with Gasteiger partial charge in [-0.05, 0) is 49.0 Å². The molecule has 0 unspecified atom stereocenters.